The summed E-state index contributed by atoms with van der Waals surface area (Å²) in [6.07, 6.45) is 0. The number of nitro groups is 1. The van der Waals surface area contributed by atoms with Crippen LogP contribution in [0.2, 0.25) is 0 Å². The van der Waals surface area contributed by atoms with Crippen LogP contribution in [0, 0.1) is 15.9 Å². The van der Waals surface area contributed by atoms with Crippen molar-refractivity contribution in [2.75, 3.05) is 0 Å². The predicted octanol–water partition coefficient (Wildman–Crippen LogP) is 3.43. The number of non-ortho nitro benzene ring substituents is 1. The molecule has 2 rings (SSSR count). The fraction of sp³-hybridized carbons (Fsp3) is 0.176. The Balaban J connectivity index is 2.27. The van der Waals surface area contributed by atoms with Gasteiger partial charge in [-0.2, -0.15) is 0 Å². The summed E-state index contributed by atoms with van der Waals surface area (Å²) in [7, 11) is 0. The van der Waals surface area contributed by atoms with Gasteiger partial charge in [-0.15, -0.1) is 0 Å². The number of Topliss-reactive ketones (excluding diaryl/α,β-unsaturated/α-hetero) is 1. The highest BCUT2D eigenvalue weighted by Gasteiger charge is 2.18. The minimum atomic E-state index is -0.660. The average molecular weight is 330 g/mol. The SMILES string of the molecule is CC(=O)c1cc(C(=O)NC(C)c2ccc(F)cc2)cc([N+](=O)[O-])c1. The van der Waals surface area contributed by atoms with Gasteiger partial charge in [-0.25, -0.2) is 4.39 Å². The van der Waals surface area contributed by atoms with Crippen LogP contribution in [0.15, 0.2) is 42.5 Å². The monoisotopic (exact) mass is 330 g/mol. The summed E-state index contributed by atoms with van der Waals surface area (Å²) in [6.45, 7) is 2.97. The standard InChI is InChI=1S/C17H15FN2O4/c1-10(12-3-5-15(18)6-4-12)19-17(22)14-7-13(11(2)21)8-16(9-14)20(23)24/h3-10H,1-2H3,(H,19,22). The Bertz CT molecular complexity index is 770. The van der Waals surface area contributed by atoms with Crippen LogP contribution < -0.4 is 5.32 Å². The average Bonchev–Trinajstić information content (AvgIpc) is 2.54. The highest BCUT2D eigenvalue weighted by Crippen LogP contribution is 2.19. The molecule has 24 heavy (non-hydrogen) atoms. The number of ketones is 1. The summed E-state index contributed by atoms with van der Waals surface area (Å²) in [5, 5.41) is 13.6. The van der Waals surface area contributed by atoms with Gasteiger partial charge in [0.2, 0.25) is 0 Å². The number of carbonyl (C=O) groups excluding carboxylic acids is 2. The van der Waals surface area contributed by atoms with Gasteiger partial charge in [0.25, 0.3) is 11.6 Å². The van der Waals surface area contributed by atoms with E-state index < -0.39 is 16.9 Å². The first-order valence-corrected chi connectivity index (χ1v) is 7.14. The summed E-state index contributed by atoms with van der Waals surface area (Å²) < 4.78 is 12.9. The van der Waals surface area contributed by atoms with Gasteiger partial charge < -0.3 is 5.32 Å². The minimum absolute atomic E-state index is 0.0170. The van der Waals surface area contributed by atoms with Crippen LogP contribution in [0.3, 0.4) is 0 Å². The van der Waals surface area contributed by atoms with Crippen LogP contribution in [0.4, 0.5) is 10.1 Å². The van der Waals surface area contributed by atoms with Gasteiger partial charge in [-0.3, -0.25) is 19.7 Å². The number of nitrogens with zero attached hydrogens (tertiary/aromatic N) is 1. The Labute approximate surface area is 137 Å². The van der Waals surface area contributed by atoms with E-state index in [1.807, 2.05) is 0 Å². The molecule has 1 unspecified atom stereocenters. The lowest BCUT2D eigenvalue weighted by Crippen LogP contribution is -2.27. The molecule has 1 amide bonds. The molecule has 0 aliphatic heterocycles. The molecule has 7 heteroatoms. The second-order valence-corrected chi connectivity index (χ2v) is 5.33. The molecular weight excluding hydrogens is 315 g/mol. The fourth-order valence-electron chi connectivity index (χ4n) is 2.17. The molecule has 124 valence electrons. The number of rotatable bonds is 5. The van der Waals surface area contributed by atoms with Crippen molar-refractivity contribution in [2.24, 2.45) is 0 Å². The minimum Gasteiger partial charge on any atom is -0.346 e. The van der Waals surface area contributed by atoms with Crippen molar-refractivity contribution in [2.45, 2.75) is 19.9 Å². The van der Waals surface area contributed by atoms with Crippen molar-refractivity contribution in [3.63, 3.8) is 0 Å². The predicted molar refractivity (Wildman–Crippen MR) is 85.4 cm³/mol. The van der Waals surface area contributed by atoms with Crippen LogP contribution >= 0.6 is 0 Å². The smallest absolute Gasteiger partial charge is 0.270 e. The molecule has 0 saturated heterocycles. The molecule has 0 bridgehead atoms. The second kappa shape index (κ2) is 6.99. The molecule has 1 atom stereocenters. The van der Waals surface area contributed by atoms with Gasteiger partial charge in [-0.1, -0.05) is 12.1 Å². The Morgan fingerprint density at radius 3 is 2.25 bits per heavy atom. The van der Waals surface area contributed by atoms with Crippen molar-refractivity contribution in [1.29, 1.82) is 0 Å². The van der Waals surface area contributed by atoms with E-state index in [0.29, 0.717) is 5.56 Å². The Morgan fingerprint density at radius 2 is 1.71 bits per heavy atom. The highest BCUT2D eigenvalue weighted by atomic mass is 19.1. The maximum atomic E-state index is 12.9. The lowest BCUT2D eigenvalue weighted by atomic mass is 10.0. The van der Waals surface area contributed by atoms with Crippen molar-refractivity contribution in [3.05, 3.63) is 75.1 Å². The molecule has 1 N–H and O–H groups in total. The first kappa shape index (κ1) is 17.3. The summed E-state index contributed by atoms with van der Waals surface area (Å²) in [5.74, 6) is -1.32. The number of halogens is 1. The number of amides is 1. The van der Waals surface area contributed by atoms with Gasteiger partial charge >= 0.3 is 0 Å². The first-order valence-electron chi connectivity index (χ1n) is 7.14. The van der Waals surface area contributed by atoms with Gasteiger partial charge in [0.1, 0.15) is 5.82 Å². The lowest BCUT2D eigenvalue weighted by Gasteiger charge is -2.14. The number of hydrogen-bond acceptors (Lipinski definition) is 4. The van der Waals surface area contributed by atoms with Crippen LogP contribution in [0.1, 0.15) is 46.2 Å². The normalized spacial score (nSPS) is 11.6. The van der Waals surface area contributed by atoms with E-state index >= 15 is 0 Å². The maximum Gasteiger partial charge on any atom is 0.270 e. The quantitative estimate of drug-likeness (QED) is 0.517. The van der Waals surface area contributed by atoms with E-state index in [1.165, 1.54) is 37.3 Å². The molecule has 0 spiro atoms. The van der Waals surface area contributed by atoms with Crippen molar-refractivity contribution < 1.29 is 18.9 Å². The van der Waals surface area contributed by atoms with Crippen LogP contribution in [0.5, 0.6) is 0 Å². The zero-order valence-electron chi connectivity index (χ0n) is 13.1. The number of nitrogens with one attached hydrogen (secondary N) is 1. The molecule has 2 aromatic carbocycles. The van der Waals surface area contributed by atoms with E-state index in [9.17, 15) is 24.1 Å². The van der Waals surface area contributed by atoms with Crippen LogP contribution in [0.25, 0.3) is 0 Å². The third-order valence-corrected chi connectivity index (χ3v) is 3.51. The van der Waals surface area contributed by atoms with Crippen molar-refractivity contribution >= 4 is 17.4 Å². The van der Waals surface area contributed by atoms with Crippen LogP contribution in [-0.4, -0.2) is 16.6 Å². The number of carbonyl (C=O) groups is 2. The summed E-state index contributed by atoms with van der Waals surface area (Å²) in [4.78, 5) is 34.1. The van der Waals surface area contributed by atoms with Gasteiger partial charge in [-0.05, 0) is 37.6 Å². The number of nitro benzene ring substituents is 1. The van der Waals surface area contributed by atoms with Gasteiger partial charge in [0, 0.05) is 23.3 Å². The lowest BCUT2D eigenvalue weighted by molar-refractivity contribution is -0.384. The van der Waals surface area contributed by atoms with Gasteiger partial charge in [0.05, 0.1) is 11.0 Å². The third kappa shape index (κ3) is 4.01. The Morgan fingerprint density at radius 1 is 1.12 bits per heavy atom. The molecule has 6 nitrogen and oxygen atoms in total. The molecule has 0 aliphatic carbocycles. The number of benzene rings is 2. The molecule has 0 fully saturated rings. The zero-order valence-corrected chi connectivity index (χ0v) is 13.1. The molecule has 0 heterocycles. The van der Waals surface area contributed by atoms with E-state index in [2.05, 4.69) is 5.32 Å². The Hall–Kier alpha value is -3.09. The Kier molecular flexibility index (Phi) is 5.03. The zero-order chi connectivity index (χ0) is 17.9. The summed E-state index contributed by atoms with van der Waals surface area (Å²) in [6, 6.07) is 8.74. The number of hydrogen-bond donors (Lipinski definition) is 1. The van der Waals surface area contributed by atoms with Crippen molar-refractivity contribution in [3.8, 4) is 0 Å². The van der Waals surface area contributed by atoms with Crippen molar-refractivity contribution in [1.82, 2.24) is 5.32 Å². The molecule has 0 radical (unpaired) electrons. The van der Waals surface area contributed by atoms with Gasteiger partial charge in [0.15, 0.2) is 5.78 Å². The molecular formula is C17H15FN2O4. The molecule has 0 aromatic heterocycles. The van der Waals surface area contributed by atoms with E-state index in [4.69, 9.17) is 0 Å². The largest absolute Gasteiger partial charge is 0.346 e. The molecule has 0 aliphatic rings. The van der Waals surface area contributed by atoms with E-state index in [1.54, 1.807) is 6.92 Å². The first-order chi connectivity index (χ1) is 11.3. The topological polar surface area (TPSA) is 89.3 Å². The molecule has 0 saturated carbocycles. The van der Waals surface area contributed by atoms with Crippen LogP contribution in [-0.2, 0) is 0 Å². The van der Waals surface area contributed by atoms with E-state index in [-0.39, 0.29) is 28.4 Å². The third-order valence-electron chi connectivity index (χ3n) is 3.51. The summed E-state index contributed by atoms with van der Waals surface area (Å²) in [5.41, 5.74) is 0.455. The summed E-state index contributed by atoms with van der Waals surface area (Å²) >= 11 is 0. The fourth-order valence-corrected chi connectivity index (χ4v) is 2.17. The van der Waals surface area contributed by atoms with E-state index in [0.717, 1.165) is 12.1 Å². The maximum absolute atomic E-state index is 12.9. The molecule has 2 aromatic rings. The highest BCUT2D eigenvalue weighted by molar-refractivity contribution is 6.00. The second-order valence-electron chi connectivity index (χ2n) is 5.33.